The minimum absolute atomic E-state index is 0.0287. The van der Waals surface area contributed by atoms with Gasteiger partial charge in [-0.1, -0.05) is 98.1 Å². The number of Topliss-reactive ketones (excluding diaryl/α,β-unsaturated/α-hetero) is 3. The summed E-state index contributed by atoms with van der Waals surface area (Å²) in [5.74, 6) is 1.17. The average Bonchev–Trinajstić information content (AvgIpc) is 2.89. The van der Waals surface area contributed by atoms with Crippen LogP contribution < -0.4 is 0 Å². The normalized spacial score (nSPS) is 16.0. The topological polar surface area (TPSA) is 51.2 Å². The molecular formula is C38H56O3. The molecule has 3 unspecified atom stereocenters. The summed E-state index contributed by atoms with van der Waals surface area (Å²) in [5, 5.41) is 0. The van der Waals surface area contributed by atoms with Crippen LogP contribution in [0.25, 0.3) is 11.1 Å². The highest BCUT2D eigenvalue weighted by Crippen LogP contribution is 2.40. The van der Waals surface area contributed by atoms with E-state index in [0.29, 0.717) is 12.3 Å². The fraction of sp³-hybridized carbons (Fsp3) is 0.605. The fourth-order valence-electron chi connectivity index (χ4n) is 6.78. The van der Waals surface area contributed by atoms with Gasteiger partial charge in [-0.25, -0.2) is 0 Å². The molecule has 1 aliphatic rings. The Balaban J connectivity index is 0.00000187. The summed E-state index contributed by atoms with van der Waals surface area (Å²) in [6, 6.07) is 11.2. The molecule has 0 saturated carbocycles. The number of carbonyl (C=O) groups is 3. The molecule has 3 heteroatoms. The lowest BCUT2D eigenvalue weighted by molar-refractivity contribution is -0.129. The van der Waals surface area contributed by atoms with Crippen molar-refractivity contribution in [2.24, 2.45) is 23.7 Å². The van der Waals surface area contributed by atoms with Gasteiger partial charge < -0.3 is 0 Å². The Hall–Kier alpha value is -2.55. The van der Waals surface area contributed by atoms with E-state index in [9.17, 15) is 14.4 Å². The second-order valence-corrected chi connectivity index (χ2v) is 12.8. The monoisotopic (exact) mass is 560 g/mol. The lowest BCUT2D eigenvalue weighted by Gasteiger charge is -2.32. The summed E-state index contributed by atoms with van der Waals surface area (Å²) in [5.41, 5.74) is 8.36. The third-order valence-electron chi connectivity index (χ3n) is 8.43. The maximum Gasteiger partial charge on any atom is 0.163 e. The van der Waals surface area contributed by atoms with Crippen molar-refractivity contribution in [2.75, 3.05) is 0 Å². The number of hydrogen-bond acceptors (Lipinski definition) is 3. The van der Waals surface area contributed by atoms with Crippen LogP contribution in [0.4, 0.5) is 0 Å². The standard InChI is InChI=1S/C35H48O3.C3H8/c1-8-11-27(30(10-3)33(37)17-24(7)36)18-25-19-32-31(15-12-23(6)35(32)34(38)20-25)28-14-13-26(9-2)29(21-28)16-22(4)5;1-3-2/h12-15,21-22,25,27,30H,8-11,16-20H2,1-7H3;3H2,1-2H3. The Kier molecular flexibility index (Phi) is 14.2. The predicted octanol–water partition coefficient (Wildman–Crippen LogP) is 9.97. The quantitative estimate of drug-likeness (QED) is 0.229. The van der Waals surface area contributed by atoms with Gasteiger partial charge in [-0.15, -0.1) is 0 Å². The molecule has 0 aliphatic heterocycles. The summed E-state index contributed by atoms with van der Waals surface area (Å²) in [7, 11) is 0. The fourth-order valence-corrected chi connectivity index (χ4v) is 6.78. The molecule has 3 atom stereocenters. The van der Waals surface area contributed by atoms with Crippen molar-refractivity contribution in [3.63, 3.8) is 0 Å². The maximum absolute atomic E-state index is 13.6. The lowest BCUT2D eigenvalue weighted by Crippen LogP contribution is -2.30. The number of benzene rings is 2. The largest absolute Gasteiger partial charge is 0.300 e. The van der Waals surface area contributed by atoms with Gasteiger partial charge in [0.15, 0.2) is 5.78 Å². The molecular weight excluding hydrogens is 504 g/mol. The Morgan fingerprint density at radius 1 is 0.951 bits per heavy atom. The average molecular weight is 561 g/mol. The van der Waals surface area contributed by atoms with E-state index < -0.39 is 0 Å². The molecule has 0 fully saturated rings. The zero-order valence-electron chi connectivity index (χ0n) is 27.5. The number of hydrogen-bond donors (Lipinski definition) is 0. The van der Waals surface area contributed by atoms with Crippen molar-refractivity contribution in [1.82, 2.24) is 0 Å². The molecule has 0 N–H and O–H groups in total. The molecule has 0 bridgehead atoms. The molecule has 0 spiro atoms. The Morgan fingerprint density at radius 2 is 1.63 bits per heavy atom. The molecule has 41 heavy (non-hydrogen) atoms. The summed E-state index contributed by atoms with van der Waals surface area (Å²) < 4.78 is 0. The molecule has 0 amide bonds. The van der Waals surface area contributed by atoms with Crippen molar-refractivity contribution in [2.45, 2.75) is 127 Å². The first-order chi connectivity index (χ1) is 19.5. The highest BCUT2D eigenvalue weighted by molar-refractivity contribution is 6.02. The van der Waals surface area contributed by atoms with Gasteiger partial charge >= 0.3 is 0 Å². The molecule has 2 aromatic carbocycles. The number of aryl methyl sites for hydroxylation is 2. The van der Waals surface area contributed by atoms with Crippen LogP contribution in [0.3, 0.4) is 0 Å². The SMILES string of the molecule is CCC.CCCC(CC1CC(=O)c2c(C)ccc(-c3ccc(CC)c(CC(C)C)c3)c2C1)C(CC)C(=O)CC(C)=O. The van der Waals surface area contributed by atoms with Crippen molar-refractivity contribution >= 4 is 17.3 Å². The van der Waals surface area contributed by atoms with E-state index in [-0.39, 0.29) is 41.5 Å². The van der Waals surface area contributed by atoms with Gasteiger partial charge in [-0.3, -0.25) is 14.4 Å². The molecule has 0 radical (unpaired) electrons. The van der Waals surface area contributed by atoms with Crippen LogP contribution in [0.2, 0.25) is 0 Å². The van der Waals surface area contributed by atoms with Crippen LogP contribution >= 0.6 is 0 Å². The van der Waals surface area contributed by atoms with E-state index in [0.717, 1.165) is 56.1 Å². The summed E-state index contributed by atoms with van der Waals surface area (Å²) >= 11 is 0. The van der Waals surface area contributed by atoms with Crippen LogP contribution in [0, 0.1) is 30.6 Å². The van der Waals surface area contributed by atoms with Crippen LogP contribution in [-0.4, -0.2) is 17.3 Å². The smallest absolute Gasteiger partial charge is 0.163 e. The van der Waals surface area contributed by atoms with E-state index in [1.165, 1.54) is 41.2 Å². The number of carbonyl (C=O) groups excluding carboxylic acids is 3. The predicted molar refractivity (Wildman–Crippen MR) is 174 cm³/mol. The van der Waals surface area contributed by atoms with Crippen LogP contribution in [0.1, 0.15) is 133 Å². The van der Waals surface area contributed by atoms with E-state index in [1.54, 1.807) is 0 Å². The van der Waals surface area contributed by atoms with Gasteiger partial charge in [0.25, 0.3) is 0 Å². The third-order valence-corrected chi connectivity index (χ3v) is 8.43. The minimum Gasteiger partial charge on any atom is -0.300 e. The molecule has 2 aromatic rings. The van der Waals surface area contributed by atoms with Gasteiger partial charge in [0.2, 0.25) is 0 Å². The van der Waals surface area contributed by atoms with E-state index in [1.807, 2.05) is 0 Å². The zero-order valence-corrected chi connectivity index (χ0v) is 27.5. The maximum atomic E-state index is 13.6. The molecule has 226 valence electrons. The van der Waals surface area contributed by atoms with E-state index in [4.69, 9.17) is 0 Å². The highest BCUT2D eigenvalue weighted by atomic mass is 16.1. The van der Waals surface area contributed by atoms with E-state index >= 15 is 0 Å². The molecule has 3 rings (SSSR count). The van der Waals surface area contributed by atoms with Crippen LogP contribution in [0.15, 0.2) is 30.3 Å². The minimum atomic E-state index is -0.104. The first kappa shape index (κ1) is 34.7. The highest BCUT2D eigenvalue weighted by Gasteiger charge is 2.34. The Morgan fingerprint density at radius 3 is 2.20 bits per heavy atom. The first-order valence-corrected chi connectivity index (χ1v) is 16.3. The van der Waals surface area contributed by atoms with Crippen LogP contribution in [-0.2, 0) is 28.9 Å². The zero-order chi connectivity index (χ0) is 30.7. The van der Waals surface area contributed by atoms with Gasteiger partial charge in [0.05, 0.1) is 6.42 Å². The molecule has 0 heterocycles. The van der Waals surface area contributed by atoms with Crippen molar-refractivity contribution in [3.05, 3.63) is 58.1 Å². The summed E-state index contributed by atoms with van der Waals surface area (Å²) in [4.78, 5) is 38.2. The molecule has 3 nitrogen and oxygen atoms in total. The lowest BCUT2D eigenvalue weighted by atomic mass is 9.71. The second kappa shape index (κ2) is 16.8. The Labute approximate surface area is 250 Å². The first-order valence-electron chi connectivity index (χ1n) is 16.3. The van der Waals surface area contributed by atoms with Gasteiger partial charge in [0.1, 0.15) is 11.6 Å². The summed E-state index contributed by atoms with van der Waals surface area (Å²) in [6.45, 7) is 18.8. The van der Waals surface area contributed by atoms with Gasteiger partial charge in [0, 0.05) is 17.9 Å². The number of rotatable bonds is 13. The molecule has 0 aromatic heterocycles. The molecule has 1 aliphatic carbocycles. The van der Waals surface area contributed by atoms with Gasteiger partial charge in [-0.2, -0.15) is 0 Å². The Bertz CT molecular complexity index is 1170. The second-order valence-electron chi connectivity index (χ2n) is 12.8. The summed E-state index contributed by atoms with van der Waals surface area (Å²) in [6.07, 6.45) is 8.33. The van der Waals surface area contributed by atoms with Crippen LogP contribution in [0.5, 0.6) is 0 Å². The molecule has 0 saturated heterocycles. The van der Waals surface area contributed by atoms with Crippen molar-refractivity contribution in [3.8, 4) is 11.1 Å². The van der Waals surface area contributed by atoms with Gasteiger partial charge in [-0.05, 0) is 97.1 Å². The van der Waals surface area contributed by atoms with Crippen molar-refractivity contribution in [1.29, 1.82) is 0 Å². The number of ketones is 3. The van der Waals surface area contributed by atoms with Crippen molar-refractivity contribution < 1.29 is 14.4 Å². The number of fused-ring (bicyclic) bond motifs is 1. The van der Waals surface area contributed by atoms with E-state index in [2.05, 4.69) is 85.7 Å². The third kappa shape index (κ3) is 9.48.